The summed E-state index contributed by atoms with van der Waals surface area (Å²) in [4.78, 5) is 4.56. The molecule has 16 heavy (non-hydrogen) atoms. The molecular weight excluding hydrogens is 198 g/mol. The Hall–Kier alpha value is -1.41. The van der Waals surface area contributed by atoms with Crippen LogP contribution in [0.1, 0.15) is 29.3 Å². The Balaban J connectivity index is 2.92. The monoisotopic (exact) mass is 215 g/mol. The number of nitrogens with zero attached hydrogens (tertiary/aromatic N) is 1. The van der Waals surface area contributed by atoms with E-state index in [-0.39, 0.29) is 6.61 Å². The zero-order chi connectivity index (χ0) is 11.7. The van der Waals surface area contributed by atoms with E-state index in [1.165, 1.54) is 16.5 Å². The number of aryl methyl sites for hydroxylation is 3. The molecule has 1 N–H and O–H groups in total. The minimum Gasteiger partial charge on any atom is -0.392 e. The molecule has 0 aliphatic heterocycles. The van der Waals surface area contributed by atoms with Crippen molar-refractivity contribution in [3.8, 4) is 0 Å². The van der Waals surface area contributed by atoms with Crippen LogP contribution < -0.4 is 0 Å². The van der Waals surface area contributed by atoms with Gasteiger partial charge in [0.2, 0.25) is 0 Å². The van der Waals surface area contributed by atoms with Crippen molar-refractivity contribution < 1.29 is 5.11 Å². The third-order valence-electron chi connectivity index (χ3n) is 3.15. The molecule has 1 heterocycles. The Morgan fingerprint density at radius 2 is 1.94 bits per heavy atom. The minimum absolute atomic E-state index is 0.0757. The lowest BCUT2D eigenvalue weighted by molar-refractivity contribution is 0.279. The number of fused-ring (bicyclic) bond motifs is 1. The number of rotatable bonds is 2. The molecule has 0 atom stereocenters. The summed E-state index contributed by atoms with van der Waals surface area (Å²) >= 11 is 0. The van der Waals surface area contributed by atoms with Crippen molar-refractivity contribution in [3.05, 3.63) is 40.6 Å². The first-order valence-electron chi connectivity index (χ1n) is 5.67. The summed E-state index contributed by atoms with van der Waals surface area (Å²) in [6, 6.07) is 6.16. The SMILES string of the molecule is CCc1c(CO)c(C)nc2cccc(C)c12. The Bertz CT molecular complexity index is 532. The number of aliphatic hydroxyl groups is 1. The summed E-state index contributed by atoms with van der Waals surface area (Å²) in [5.74, 6) is 0. The van der Waals surface area contributed by atoms with Crippen molar-refractivity contribution >= 4 is 10.9 Å². The molecule has 0 aliphatic carbocycles. The first-order valence-corrected chi connectivity index (χ1v) is 5.67. The van der Waals surface area contributed by atoms with E-state index in [0.717, 1.165) is 23.2 Å². The molecule has 2 heteroatoms. The first-order chi connectivity index (χ1) is 7.69. The van der Waals surface area contributed by atoms with Crippen LogP contribution in [0.4, 0.5) is 0 Å². The summed E-state index contributed by atoms with van der Waals surface area (Å²) < 4.78 is 0. The van der Waals surface area contributed by atoms with Gasteiger partial charge >= 0.3 is 0 Å². The van der Waals surface area contributed by atoms with E-state index in [1.54, 1.807) is 0 Å². The number of hydrogen-bond acceptors (Lipinski definition) is 2. The molecule has 0 amide bonds. The van der Waals surface area contributed by atoms with E-state index < -0.39 is 0 Å². The average molecular weight is 215 g/mol. The second-order valence-corrected chi connectivity index (χ2v) is 4.14. The van der Waals surface area contributed by atoms with E-state index in [4.69, 9.17) is 0 Å². The van der Waals surface area contributed by atoms with Crippen LogP contribution in [0.2, 0.25) is 0 Å². The molecule has 1 aromatic carbocycles. The molecule has 2 aromatic rings. The topological polar surface area (TPSA) is 33.1 Å². The highest BCUT2D eigenvalue weighted by molar-refractivity contribution is 5.86. The highest BCUT2D eigenvalue weighted by atomic mass is 16.3. The summed E-state index contributed by atoms with van der Waals surface area (Å²) in [6.07, 6.45) is 0.931. The van der Waals surface area contributed by atoms with Crippen molar-refractivity contribution in [2.45, 2.75) is 33.8 Å². The second-order valence-electron chi connectivity index (χ2n) is 4.14. The number of hydrogen-bond donors (Lipinski definition) is 1. The number of benzene rings is 1. The Kier molecular flexibility index (Phi) is 2.92. The third-order valence-corrected chi connectivity index (χ3v) is 3.15. The van der Waals surface area contributed by atoms with Crippen LogP contribution in [0, 0.1) is 13.8 Å². The fraction of sp³-hybridized carbons (Fsp3) is 0.357. The van der Waals surface area contributed by atoms with Gasteiger partial charge in [0.15, 0.2) is 0 Å². The van der Waals surface area contributed by atoms with Gasteiger partial charge in [0.05, 0.1) is 12.1 Å². The molecule has 84 valence electrons. The molecule has 1 aromatic heterocycles. The number of aliphatic hydroxyl groups excluding tert-OH is 1. The van der Waals surface area contributed by atoms with Gasteiger partial charge in [-0.05, 0) is 37.5 Å². The van der Waals surface area contributed by atoms with Gasteiger partial charge in [-0.1, -0.05) is 19.1 Å². The fourth-order valence-corrected chi connectivity index (χ4v) is 2.36. The van der Waals surface area contributed by atoms with Crippen molar-refractivity contribution in [1.29, 1.82) is 0 Å². The molecule has 2 rings (SSSR count). The van der Waals surface area contributed by atoms with E-state index in [9.17, 15) is 5.11 Å². The van der Waals surface area contributed by atoms with Crippen LogP contribution in [-0.4, -0.2) is 10.1 Å². The molecule has 0 bridgehead atoms. The van der Waals surface area contributed by atoms with E-state index in [0.29, 0.717) is 0 Å². The summed E-state index contributed by atoms with van der Waals surface area (Å²) in [6.45, 7) is 6.26. The predicted octanol–water partition coefficient (Wildman–Crippen LogP) is 2.91. The van der Waals surface area contributed by atoms with Gasteiger partial charge in [-0.3, -0.25) is 4.98 Å². The van der Waals surface area contributed by atoms with Crippen molar-refractivity contribution in [2.24, 2.45) is 0 Å². The van der Waals surface area contributed by atoms with Crippen molar-refractivity contribution in [2.75, 3.05) is 0 Å². The second kappa shape index (κ2) is 4.22. The highest BCUT2D eigenvalue weighted by Gasteiger charge is 2.11. The van der Waals surface area contributed by atoms with Gasteiger partial charge in [-0.2, -0.15) is 0 Å². The molecule has 0 radical (unpaired) electrons. The molecule has 2 nitrogen and oxygen atoms in total. The highest BCUT2D eigenvalue weighted by Crippen LogP contribution is 2.26. The molecule has 0 unspecified atom stereocenters. The van der Waals surface area contributed by atoms with Crippen LogP contribution in [0.15, 0.2) is 18.2 Å². The molecule has 0 aliphatic rings. The lowest BCUT2D eigenvalue weighted by atomic mass is 9.96. The Morgan fingerprint density at radius 3 is 2.56 bits per heavy atom. The fourth-order valence-electron chi connectivity index (χ4n) is 2.36. The zero-order valence-corrected chi connectivity index (χ0v) is 10.0. The maximum atomic E-state index is 9.44. The van der Waals surface area contributed by atoms with Gasteiger partial charge in [0, 0.05) is 16.6 Å². The lowest BCUT2D eigenvalue weighted by Crippen LogP contribution is -2.02. The maximum Gasteiger partial charge on any atom is 0.0710 e. The van der Waals surface area contributed by atoms with E-state index in [2.05, 4.69) is 24.9 Å². The zero-order valence-electron chi connectivity index (χ0n) is 10.0. The van der Waals surface area contributed by atoms with Crippen LogP contribution >= 0.6 is 0 Å². The van der Waals surface area contributed by atoms with Crippen LogP contribution in [-0.2, 0) is 13.0 Å². The molecular formula is C14H17NO. The van der Waals surface area contributed by atoms with Crippen LogP contribution in [0.25, 0.3) is 10.9 Å². The average Bonchev–Trinajstić information content (AvgIpc) is 2.27. The first kappa shape index (κ1) is 11.1. The minimum atomic E-state index is 0.0757. The molecule has 0 fully saturated rings. The number of aromatic nitrogens is 1. The predicted molar refractivity (Wildman–Crippen MR) is 66.5 cm³/mol. The van der Waals surface area contributed by atoms with Gasteiger partial charge in [-0.25, -0.2) is 0 Å². The van der Waals surface area contributed by atoms with E-state index >= 15 is 0 Å². The largest absolute Gasteiger partial charge is 0.392 e. The van der Waals surface area contributed by atoms with Crippen LogP contribution in [0.3, 0.4) is 0 Å². The van der Waals surface area contributed by atoms with Gasteiger partial charge < -0.3 is 5.11 Å². The quantitative estimate of drug-likeness (QED) is 0.835. The van der Waals surface area contributed by atoms with Crippen molar-refractivity contribution in [1.82, 2.24) is 4.98 Å². The smallest absolute Gasteiger partial charge is 0.0710 e. The molecule has 0 spiro atoms. The Labute approximate surface area is 96.0 Å². The summed E-state index contributed by atoms with van der Waals surface area (Å²) in [5.41, 5.74) is 5.44. The molecule has 0 saturated carbocycles. The van der Waals surface area contributed by atoms with Crippen LogP contribution in [0.5, 0.6) is 0 Å². The van der Waals surface area contributed by atoms with Gasteiger partial charge in [-0.15, -0.1) is 0 Å². The standard InChI is InChI=1S/C14H17NO/c1-4-11-12(8-16)10(3)15-13-7-5-6-9(2)14(11)13/h5-7,16H,4,8H2,1-3H3. The summed E-state index contributed by atoms with van der Waals surface area (Å²) in [5, 5.41) is 10.6. The van der Waals surface area contributed by atoms with Gasteiger partial charge in [0.25, 0.3) is 0 Å². The Morgan fingerprint density at radius 1 is 1.19 bits per heavy atom. The van der Waals surface area contributed by atoms with Crippen molar-refractivity contribution in [3.63, 3.8) is 0 Å². The normalized spacial score (nSPS) is 11.0. The lowest BCUT2D eigenvalue weighted by Gasteiger charge is -2.14. The number of pyridine rings is 1. The molecule has 0 saturated heterocycles. The summed E-state index contributed by atoms with van der Waals surface area (Å²) in [7, 11) is 0. The van der Waals surface area contributed by atoms with E-state index in [1.807, 2.05) is 19.1 Å². The maximum absolute atomic E-state index is 9.44. The van der Waals surface area contributed by atoms with Gasteiger partial charge in [0.1, 0.15) is 0 Å². The third kappa shape index (κ3) is 1.59.